The standard InChI is InChI=1S/C23H19NO3.BF4/c1-25-18-11-7-16(8-12-18)23-15-21(20-5-3-4-6-22(20)27-23)24-17-9-13-19(26-2)14-10-17;2-1(3,4)5/h3-15H,1-2H3;/q;-1/p+1. The molecule has 1 aromatic heterocycles. The van der Waals surface area contributed by atoms with Gasteiger partial charge in [0.2, 0.25) is 11.0 Å². The normalized spacial score (nSPS) is 11.6. The predicted octanol–water partition coefficient (Wildman–Crippen LogP) is 4.73. The maximum atomic E-state index is 9.75. The Morgan fingerprint density at radius 1 is 0.750 bits per heavy atom. The maximum absolute atomic E-state index is 9.75. The lowest BCUT2D eigenvalue weighted by Gasteiger charge is -2.04. The first kappa shape index (κ1) is 22.9. The Kier molecular flexibility index (Phi) is 7.20. The van der Waals surface area contributed by atoms with Crippen LogP contribution in [0.15, 0.2) is 83.3 Å². The van der Waals surface area contributed by atoms with E-state index in [1.165, 1.54) is 0 Å². The van der Waals surface area contributed by atoms with Crippen LogP contribution in [0, 0.1) is 0 Å². The number of halogens is 4. The van der Waals surface area contributed by atoms with Crippen LogP contribution in [0.2, 0.25) is 0 Å². The first-order chi connectivity index (χ1) is 15.3. The molecule has 32 heavy (non-hydrogen) atoms. The molecule has 3 aromatic carbocycles. The van der Waals surface area contributed by atoms with E-state index in [0.29, 0.717) is 0 Å². The highest BCUT2D eigenvalue weighted by molar-refractivity contribution is 6.50. The molecule has 4 nitrogen and oxygen atoms in total. The second kappa shape index (κ2) is 10.0. The van der Waals surface area contributed by atoms with Gasteiger partial charge >= 0.3 is 7.25 Å². The Morgan fingerprint density at radius 3 is 1.84 bits per heavy atom. The summed E-state index contributed by atoms with van der Waals surface area (Å²) in [6.45, 7) is 0. The summed E-state index contributed by atoms with van der Waals surface area (Å²) in [5.74, 6) is 2.43. The quantitative estimate of drug-likeness (QED) is 0.365. The number of benzene rings is 3. The van der Waals surface area contributed by atoms with Gasteiger partial charge in [-0.05, 0) is 48.5 Å². The molecule has 4 aromatic rings. The van der Waals surface area contributed by atoms with Crippen molar-refractivity contribution in [2.75, 3.05) is 14.2 Å². The molecule has 0 amide bonds. The summed E-state index contributed by atoms with van der Waals surface area (Å²) in [6, 6.07) is 25.7. The molecule has 0 aliphatic heterocycles. The molecule has 166 valence electrons. The lowest BCUT2D eigenvalue weighted by Crippen LogP contribution is -2.70. The van der Waals surface area contributed by atoms with Crippen LogP contribution in [0.1, 0.15) is 0 Å². The van der Waals surface area contributed by atoms with Crippen molar-refractivity contribution < 1.29 is 36.1 Å². The third-order valence-corrected chi connectivity index (χ3v) is 4.42. The van der Waals surface area contributed by atoms with Crippen LogP contribution in [0.5, 0.6) is 11.5 Å². The second-order valence-electron chi connectivity index (χ2n) is 6.60. The molecule has 0 saturated carbocycles. The van der Waals surface area contributed by atoms with E-state index >= 15 is 0 Å². The van der Waals surface area contributed by atoms with Crippen molar-refractivity contribution in [3.8, 4) is 22.8 Å². The van der Waals surface area contributed by atoms with Gasteiger partial charge in [0.25, 0.3) is 0 Å². The molecule has 1 N–H and O–H groups in total. The van der Waals surface area contributed by atoms with Crippen LogP contribution >= 0.6 is 0 Å². The Balaban J connectivity index is 0.000000523. The van der Waals surface area contributed by atoms with Gasteiger partial charge in [0.1, 0.15) is 22.8 Å². The van der Waals surface area contributed by atoms with Crippen LogP contribution in [-0.4, -0.2) is 21.5 Å². The molecule has 1 heterocycles. The fraction of sp³-hybridized carbons (Fsp3) is 0.0870. The first-order valence-electron chi connectivity index (χ1n) is 9.55. The van der Waals surface area contributed by atoms with Gasteiger partial charge in [-0.2, -0.15) is 0 Å². The molecular formula is C23H20BF4NO3. The summed E-state index contributed by atoms with van der Waals surface area (Å²) in [4.78, 5) is 3.49. The molecule has 0 aliphatic rings. The SMILES string of the molecule is COc1ccc([NH+]=c2cc(-c3ccc(OC)cc3)oc3ccccc23)cc1.F[B-](F)(F)F. The first-order valence-corrected chi connectivity index (χ1v) is 9.55. The maximum Gasteiger partial charge on any atom is 0.673 e. The minimum absolute atomic E-state index is 0.785. The topological polar surface area (TPSA) is 45.6 Å². The van der Waals surface area contributed by atoms with E-state index in [-0.39, 0.29) is 0 Å². The van der Waals surface area contributed by atoms with Crippen LogP contribution in [0.3, 0.4) is 0 Å². The average Bonchev–Trinajstić information content (AvgIpc) is 2.78. The highest BCUT2D eigenvalue weighted by Gasteiger charge is 2.20. The zero-order chi connectivity index (χ0) is 23.1. The van der Waals surface area contributed by atoms with Crippen molar-refractivity contribution in [1.29, 1.82) is 0 Å². The van der Waals surface area contributed by atoms with Gasteiger partial charge in [-0.3, -0.25) is 0 Å². The van der Waals surface area contributed by atoms with Crippen LogP contribution < -0.4 is 19.8 Å². The number of methoxy groups -OCH3 is 2. The molecule has 0 fully saturated rings. The van der Waals surface area contributed by atoms with Crippen LogP contribution in [0.4, 0.5) is 23.0 Å². The lowest BCUT2D eigenvalue weighted by atomic mass is 10.1. The molecule has 9 heteroatoms. The third kappa shape index (κ3) is 6.37. The summed E-state index contributed by atoms with van der Waals surface area (Å²) in [7, 11) is -2.68. The van der Waals surface area contributed by atoms with Crippen LogP contribution in [0.25, 0.3) is 22.3 Å². The Labute approximate surface area is 181 Å². The van der Waals surface area contributed by atoms with Crippen molar-refractivity contribution in [2.24, 2.45) is 0 Å². The molecule has 0 atom stereocenters. The molecule has 0 aliphatic carbocycles. The van der Waals surface area contributed by atoms with Gasteiger partial charge in [-0.25, -0.2) is 4.99 Å². The molecule has 4 rings (SSSR count). The van der Waals surface area contributed by atoms with E-state index in [1.807, 2.05) is 78.9 Å². The van der Waals surface area contributed by atoms with Gasteiger partial charge in [0.15, 0.2) is 0 Å². The van der Waals surface area contributed by atoms with Crippen molar-refractivity contribution >= 4 is 23.9 Å². The molecular weight excluding hydrogens is 425 g/mol. The highest BCUT2D eigenvalue weighted by Crippen LogP contribution is 2.24. The molecule has 0 spiro atoms. The highest BCUT2D eigenvalue weighted by atomic mass is 19.5. The molecule has 0 bridgehead atoms. The zero-order valence-electron chi connectivity index (χ0n) is 17.3. The Morgan fingerprint density at radius 2 is 1.28 bits per heavy atom. The number of ether oxygens (including phenoxy) is 2. The summed E-state index contributed by atoms with van der Waals surface area (Å²) in [5.41, 5.74) is 2.79. The summed E-state index contributed by atoms with van der Waals surface area (Å²) in [5, 5.41) is 2.00. The van der Waals surface area contributed by atoms with Crippen molar-refractivity contribution in [2.45, 2.75) is 0 Å². The minimum Gasteiger partial charge on any atom is -0.497 e. The number of para-hydroxylation sites is 1. The smallest absolute Gasteiger partial charge is 0.497 e. The average molecular weight is 445 g/mol. The van der Waals surface area contributed by atoms with Gasteiger partial charge in [-0.1, -0.05) is 12.1 Å². The van der Waals surface area contributed by atoms with Crippen molar-refractivity contribution in [3.05, 3.63) is 84.2 Å². The van der Waals surface area contributed by atoms with Gasteiger partial charge in [0, 0.05) is 17.7 Å². The largest absolute Gasteiger partial charge is 0.673 e. The molecule has 0 unspecified atom stereocenters. The van der Waals surface area contributed by atoms with Crippen molar-refractivity contribution in [1.82, 2.24) is 0 Å². The molecule has 0 saturated heterocycles. The van der Waals surface area contributed by atoms with E-state index in [4.69, 9.17) is 13.9 Å². The Hall–Kier alpha value is -3.75. The van der Waals surface area contributed by atoms with E-state index in [1.54, 1.807) is 14.2 Å². The van der Waals surface area contributed by atoms with Gasteiger partial charge in [0.05, 0.1) is 25.7 Å². The molecule has 0 radical (unpaired) electrons. The number of rotatable bonds is 4. The Bertz CT molecular complexity index is 1230. The predicted molar refractivity (Wildman–Crippen MR) is 115 cm³/mol. The lowest BCUT2D eigenvalue weighted by molar-refractivity contribution is -0.400. The zero-order valence-corrected chi connectivity index (χ0v) is 17.3. The third-order valence-electron chi connectivity index (χ3n) is 4.42. The summed E-state index contributed by atoms with van der Waals surface area (Å²) in [6.07, 6.45) is 0. The van der Waals surface area contributed by atoms with E-state index in [2.05, 4.69) is 4.99 Å². The second-order valence-corrected chi connectivity index (χ2v) is 6.60. The summed E-state index contributed by atoms with van der Waals surface area (Å²) < 4.78 is 55.6. The van der Waals surface area contributed by atoms with E-state index in [9.17, 15) is 17.3 Å². The summed E-state index contributed by atoms with van der Waals surface area (Å²) >= 11 is 0. The number of hydrogen-bond donors (Lipinski definition) is 1. The van der Waals surface area contributed by atoms with E-state index < -0.39 is 7.25 Å². The minimum atomic E-state index is -6.00. The fourth-order valence-corrected chi connectivity index (χ4v) is 2.97. The van der Waals surface area contributed by atoms with E-state index in [0.717, 1.165) is 44.8 Å². The fourth-order valence-electron chi connectivity index (χ4n) is 2.97. The monoisotopic (exact) mass is 445 g/mol. The number of fused-ring (bicyclic) bond motifs is 1. The van der Waals surface area contributed by atoms with Gasteiger partial charge in [-0.15, -0.1) is 0 Å². The van der Waals surface area contributed by atoms with Gasteiger partial charge < -0.3 is 31.2 Å². The number of hydrogen-bond acceptors (Lipinski definition) is 3. The number of nitrogens with one attached hydrogen (secondary N) is 1. The van der Waals surface area contributed by atoms with Crippen LogP contribution in [-0.2, 0) is 0 Å². The van der Waals surface area contributed by atoms with Crippen molar-refractivity contribution in [3.63, 3.8) is 0 Å².